The van der Waals surface area contributed by atoms with Crippen molar-refractivity contribution in [2.24, 2.45) is 0 Å². The smallest absolute Gasteiger partial charge is 0.0721 e. The number of rotatable bonds is 2. The molecule has 1 spiro atoms. The third kappa shape index (κ3) is 4.90. The second-order valence-corrected chi connectivity index (χ2v) is 7.65. The first-order valence-corrected chi connectivity index (χ1v) is 9.48. The molecule has 1 unspecified atom stereocenters. The van der Waals surface area contributed by atoms with Crippen LogP contribution in [-0.2, 0) is 4.74 Å². The Bertz CT molecular complexity index is 494. The second kappa shape index (κ2) is 9.57. The molecular weight excluding hydrogens is 355 g/mol. The molecule has 4 rings (SSSR count). The average Bonchev–Trinajstić information content (AvgIpc) is 2.63. The highest BCUT2D eigenvalue weighted by molar-refractivity contribution is 5.85. The number of hydrogen-bond acceptors (Lipinski definition) is 3. The van der Waals surface area contributed by atoms with E-state index in [4.69, 9.17) is 4.74 Å². The molecule has 1 aromatic carbocycles. The van der Waals surface area contributed by atoms with Gasteiger partial charge in [0.25, 0.3) is 0 Å². The van der Waals surface area contributed by atoms with Gasteiger partial charge in [0, 0.05) is 12.6 Å². The van der Waals surface area contributed by atoms with Crippen LogP contribution in [0.15, 0.2) is 30.3 Å². The van der Waals surface area contributed by atoms with Crippen LogP contribution in [0, 0.1) is 0 Å². The third-order valence-corrected chi connectivity index (χ3v) is 6.30. The van der Waals surface area contributed by atoms with Gasteiger partial charge in [0.2, 0.25) is 0 Å². The maximum Gasteiger partial charge on any atom is 0.0721 e. The van der Waals surface area contributed by atoms with E-state index in [1.807, 2.05) is 0 Å². The van der Waals surface area contributed by atoms with Crippen molar-refractivity contribution in [2.45, 2.75) is 56.1 Å². The van der Waals surface area contributed by atoms with Gasteiger partial charge < -0.3 is 15.0 Å². The van der Waals surface area contributed by atoms with Gasteiger partial charge in [-0.1, -0.05) is 30.3 Å². The van der Waals surface area contributed by atoms with Gasteiger partial charge in [-0.25, -0.2) is 0 Å². The lowest BCUT2D eigenvalue weighted by atomic mass is 9.81. The molecule has 0 radical (unpaired) electrons. The highest BCUT2D eigenvalue weighted by Gasteiger charge is 2.40. The molecule has 0 aliphatic carbocycles. The summed E-state index contributed by atoms with van der Waals surface area (Å²) in [6.45, 7) is 5.74. The summed E-state index contributed by atoms with van der Waals surface area (Å²) >= 11 is 0. The number of halogens is 2. The van der Waals surface area contributed by atoms with Crippen LogP contribution in [0.4, 0.5) is 0 Å². The Morgan fingerprint density at radius 2 is 1.64 bits per heavy atom. The Kier molecular flexibility index (Phi) is 8.03. The Morgan fingerprint density at radius 1 is 0.960 bits per heavy atom. The molecule has 25 heavy (non-hydrogen) atoms. The lowest BCUT2D eigenvalue weighted by molar-refractivity contribution is -0.122. The molecular formula is C20H32Cl2N2O. The summed E-state index contributed by atoms with van der Waals surface area (Å²) in [5.74, 6) is 0.764. The first-order chi connectivity index (χ1) is 11.3. The van der Waals surface area contributed by atoms with Crippen LogP contribution in [0.2, 0.25) is 0 Å². The quantitative estimate of drug-likeness (QED) is 0.830. The molecule has 1 aromatic rings. The topological polar surface area (TPSA) is 24.5 Å². The predicted octanol–water partition coefficient (Wildman–Crippen LogP) is 4.01. The van der Waals surface area contributed by atoms with Crippen LogP contribution < -0.4 is 5.32 Å². The maximum absolute atomic E-state index is 6.25. The molecule has 3 aliphatic rings. The minimum absolute atomic E-state index is 0. The minimum atomic E-state index is 0. The summed E-state index contributed by atoms with van der Waals surface area (Å²) in [4.78, 5) is 2.77. The number of hydrogen-bond donors (Lipinski definition) is 1. The van der Waals surface area contributed by atoms with Crippen LogP contribution in [0.25, 0.3) is 0 Å². The molecule has 1 atom stereocenters. The number of likely N-dealkylation sites (tertiary alicyclic amines) is 1. The van der Waals surface area contributed by atoms with Crippen LogP contribution in [0.3, 0.4) is 0 Å². The SMILES string of the molecule is Cl.Cl.c1ccc(C2CCN(C3CCOC4(CCNCC4)C3)CC2)cc1. The van der Waals surface area contributed by atoms with Crippen LogP contribution in [0.1, 0.15) is 50.0 Å². The van der Waals surface area contributed by atoms with Crippen molar-refractivity contribution in [2.75, 3.05) is 32.8 Å². The molecule has 3 fully saturated rings. The van der Waals surface area contributed by atoms with E-state index < -0.39 is 0 Å². The van der Waals surface area contributed by atoms with Gasteiger partial charge in [-0.2, -0.15) is 0 Å². The van der Waals surface area contributed by atoms with Gasteiger partial charge in [-0.15, -0.1) is 24.8 Å². The van der Waals surface area contributed by atoms with E-state index in [9.17, 15) is 0 Å². The van der Waals surface area contributed by atoms with Gasteiger partial charge in [0.05, 0.1) is 5.60 Å². The number of ether oxygens (including phenoxy) is 1. The number of nitrogens with zero attached hydrogens (tertiary/aromatic N) is 1. The zero-order valence-corrected chi connectivity index (χ0v) is 16.6. The van der Waals surface area contributed by atoms with E-state index in [2.05, 4.69) is 40.5 Å². The summed E-state index contributed by atoms with van der Waals surface area (Å²) in [5, 5.41) is 3.48. The second-order valence-electron chi connectivity index (χ2n) is 7.65. The molecule has 142 valence electrons. The number of nitrogens with one attached hydrogen (secondary N) is 1. The Morgan fingerprint density at radius 3 is 2.32 bits per heavy atom. The predicted molar refractivity (Wildman–Crippen MR) is 108 cm³/mol. The molecule has 3 aliphatic heterocycles. The highest BCUT2D eigenvalue weighted by atomic mass is 35.5. The van der Waals surface area contributed by atoms with Crippen LogP contribution >= 0.6 is 24.8 Å². The fraction of sp³-hybridized carbons (Fsp3) is 0.700. The van der Waals surface area contributed by atoms with E-state index in [0.29, 0.717) is 0 Å². The molecule has 1 N–H and O–H groups in total. The lowest BCUT2D eigenvalue weighted by Crippen LogP contribution is -2.54. The molecule has 3 heterocycles. The monoisotopic (exact) mass is 386 g/mol. The van der Waals surface area contributed by atoms with Gasteiger partial charge in [0.15, 0.2) is 0 Å². The summed E-state index contributed by atoms with van der Waals surface area (Å²) in [6.07, 6.45) is 7.51. The van der Waals surface area contributed by atoms with E-state index in [1.54, 1.807) is 0 Å². The molecule has 3 nitrogen and oxygen atoms in total. The van der Waals surface area contributed by atoms with Gasteiger partial charge in [-0.3, -0.25) is 0 Å². The molecule has 5 heteroatoms. The van der Waals surface area contributed by atoms with Gasteiger partial charge in [-0.05, 0) is 76.2 Å². The average molecular weight is 387 g/mol. The standard InChI is InChI=1S/C20H30N2O.2ClH/c1-2-4-17(5-3-1)18-6-13-22(14-7-18)19-8-15-23-20(16-19)9-11-21-12-10-20;;/h1-5,18-19,21H,6-16H2;2*1H. The molecule has 0 bridgehead atoms. The normalized spacial score (nSPS) is 27.3. The first kappa shape index (κ1) is 21.0. The Balaban J connectivity index is 0.00000113. The number of benzene rings is 1. The minimum Gasteiger partial charge on any atom is -0.375 e. The van der Waals surface area contributed by atoms with Crippen molar-refractivity contribution in [3.8, 4) is 0 Å². The summed E-state index contributed by atoms with van der Waals surface area (Å²) in [5.41, 5.74) is 1.72. The third-order valence-electron chi connectivity index (χ3n) is 6.30. The molecule has 0 saturated carbocycles. The summed E-state index contributed by atoms with van der Waals surface area (Å²) < 4.78 is 6.25. The van der Waals surface area contributed by atoms with Crippen molar-refractivity contribution in [1.29, 1.82) is 0 Å². The van der Waals surface area contributed by atoms with Crippen molar-refractivity contribution in [1.82, 2.24) is 10.2 Å². The fourth-order valence-corrected chi connectivity index (χ4v) is 4.87. The lowest BCUT2D eigenvalue weighted by Gasteiger charge is -2.48. The van der Waals surface area contributed by atoms with Gasteiger partial charge in [0.1, 0.15) is 0 Å². The van der Waals surface area contributed by atoms with Crippen LogP contribution in [0.5, 0.6) is 0 Å². The maximum atomic E-state index is 6.25. The van der Waals surface area contributed by atoms with Crippen molar-refractivity contribution < 1.29 is 4.74 Å². The van der Waals surface area contributed by atoms with E-state index >= 15 is 0 Å². The van der Waals surface area contributed by atoms with Crippen molar-refractivity contribution in [3.63, 3.8) is 0 Å². The Hall–Kier alpha value is -0.320. The number of piperidine rings is 2. The summed E-state index contributed by atoms with van der Waals surface area (Å²) in [6, 6.07) is 11.8. The van der Waals surface area contributed by atoms with Crippen molar-refractivity contribution >= 4 is 24.8 Å². The van der Waals surface area contributed by atoms with Gasteiger partial charge >= 0.3 is 0 Å². The van der Waals surface area contributed by atoms with E-state index in [1.165, 1.54) is 57.2 Å². The fourth-order valence-electron chi connectivity index (χ4n) is 4.87. The zero-order chi connectivity index (χ0) is 15.5. The molecule has 0 amide bonds. The zero-order valence-electron chi connectivity index (χ0n) is 15.0. The molecule has 3 saturated heterocycles. The van der Waals surface area contributed by atoms with E-state index in [-0.39, 0.29) is 30.4 Å². The summed E-state index contributed by atoms with van der Waals surface area (Å²) in [7, 11) is 0. The highest BCUT2D eigenvalue weighted by Crippen LogP contribution is 2.37. The van der Waals surface area contributed by atoms with Crippen LogP contribution in [-0.4, -0.2) is 49.3 Å². The van der Waals surface area contributed by atoms with E-state index in [0.717, 1.165) is 31.7 Å². The first-order valence-electron chi connectivity index (χ1n) is 9.48. The largest absolute Gasteiger partial charge is 0.375 e. The van der Waals surface area contributed by atoms with Crippen molar-refractivity contribution in [3.05, 3.63) is 35.9 Å². The Labute approximate surface area is 164 Å². The molecule has 0 aromatic heterocycles.